The van der Waals surface area contributed by atoms with Crippen molar-refractivity contribution in [3.05, 3.63) is 78.1 Å². The van der Waals surface area contributed by atoms with Crippen LogP contribution in [0.15, 0.2) is 71.8 Å². The molecule has 6 rings (SSSR count). The van der Waals surface area contributed by atoms with Gasteiger partial charge in [0.1, 0.15) is 5.82 Å². The molecule has 0 unspecified atom stereocenters. The molecule has 1 amide bonds. The quantitative estimate of drug-likeness (QED) is 0.350. The number of pyridine rings is 3. The lowest BCUT2D eigenvalue weighted by molar-refractivity contribution is 0.0950. The number of hydrogen-bond acceptors (Lipinski definition) is 8. The van der Waals surface area contributed by atoms with Crippen LogP contribution in [0.4, 0.5) is 14.6 Å². The highest BCUT2D eigenvalue weighted by molar-refractivity contribution is 7.91. The molecule has 3 aromatic heterocycles. The number of sulfone groups is 1. The number of rotatable bonds is 7. The van der Waals surface area contributed by atoms with E-state index >= 15 is 0 Å². The van der Waals surface area contributed by atoms with Crippen molar-refractivity contribution in [2.75, 3.05) is 24.5 Å². The minimum Gasteiger partial charge on any atom is -0.353 e. The SMILES string of the molecule is O=C(NCc1cc2nc(-c3cccc(N4CCNC5(CC5)C4)n3)ccc2cn1)c1cccc(S(=O)(=O)C(F)F)c1. The Hall–Kier alpha value is -4.03. The van der Waals surface area contributed by atoms with Crippen molar-refractivity contribution >= 4 is 32.5 Å². The highest BCUT2D eigenvalue weighted by Gasteiger charge is 2.45. The molecular weight excluding hydrogens is 538 g/mol. The molecule has 2 N–H and O–H groups in total. The number of halogens is 2. The van der Waals surface area contributed by atoms with Gasteiger partial charge in [-0.05, 0) is 61.4 Å². The minimum atomic E-state index is -4.81. The van der Waals surface area contributed by atoms with Crippen LogP contribution >= 0.6 is 0 Å². The normalized spacial score (nSPS) is 16.4. The second kappa shape index (κ2) is 10.2. The van der Waals surface area contributed by atoms with E-state index in [-0.39, 0.29) is 17.6 Å². The van der Waals surface area contributed by atoms with E-state index in [4.69, 9.17) is 9.97 Å². The van der Waals surface area contributed by atoms with Gasteiger partial charge < -0.3 is 15.5 Å². The number of amides is 1. The van der Waals surface area contributed by atoms with Gasteiger partial charge in [-0.1, -0.05) is 12.1 Å². The lowest BCUT2D eigenvalue weighted by Gasteiger charge is -2.35. The molecule has 1 saturated carbocycles. The van der Waals surface area contributed by atoms with Gasteiger partial charge in [-0.2, -0.15) is 8.78 Å². The Morgan fingerprint density at radius 1 is 1.05 bits per heavy atom. The van der Waals surface area contributed by atoms with Gasteiger partial charge in [0, 0.05) is 42.3 Å². The maximum Gasteiger partial charge on any atom is 0.341 e. The Labute approximate surface area is 229 Å². The van der Waals surface area contributed by atoms with E-state index in [0.29, 0.717) is 16.9 Å². The fourth-order valence-electron chi connectivity index (χ4n) is 4.87. The summed E-state index contributed by atoms with van der Waals surface area (Å²) in [4.78, 5) is 28.4. The van der Waals surface area contributed by atoms with E-state index in [1.807, 2.05) is 30.3 Å². The first-order chi connectivity index (χ1) is 19.2. The van der Waals surface area contributed by atoms with Crippen LogP contribution in [0, 0.1) is 0 Å². The number of carbonyl (C=O) groups is 1. The second-order valence-electron chi connectivity index (χ2n) is 10.1. The Kier molecular flexibility index (Phi) is 6.67. The number of carbonyl (C=O) groups excluding carboxylic acids is 1. The van der Waals surface area contributed by atoms with E-state index in [1.165, 1.54) is 25.0 Å². The third-order valence-electron chi connectivity index (χ3n) is 7.27. The van der Waals surface area contributed by atoms with Crippen molar-refractivity contribution in [1.29, 1.82) is 0 Å². The Balaban J connectivity index is 1.18. The van der Waals surface area contributed by atoms with Crippen LogP contribution in [-0.2, 0) is 16.4 Å². The number of benzene rings is 1. The van der Waals surface area contributed by atoms with Crippen molar-refractivity contribution < 1.29 is 22.0 Å². The van der Waals surface area contributed by atoms with Gasteiger partial charge in [0.25, 0.3) is 5.91 Å². The highest BCUT2D eigenvalue weighted by Crippen LogP contribution is 2.38. The van der Waals surface area contributed by atoms with Crippen molar-refractivity contribution in [3.8, 4) is 11.4 Å². The number of alkyl halides is 2. The fourth-order valence-corrected chi connectivity index (χ4v) is 5.63. The van der Waals surface area contributed by atoms with Crippen molar-refractivity contribution in [3.63, 3.8) is 0 Å². The predicted octanol–water partition coefficient (Wildman–Crippen LogP) is 3.56. The molecule has 40 heavy (non-hydrogen) atoms. The van der Waals surface area contributed by atoms with Crippen LogP contribution in [0.5, 0.6) is 0 Å². The molecule has 2 fully saturated rings. The zero-order chi connectivity index (χ0) is 27.9. The number of nitrogens with one attached hydrogen (secondary N) is 2. The van der Waals surface area contributed by atoms with Crippen LogP contribution < -0.4 is 15.5 Å². The third-order valence-corrected chi connectivity index (χ3v) is 8.65. The van der Waals surface area contributed by atoms with Gasteiger partial charge >= 0.3 is 5.76 Å². The topological polar surface area (TPSA) is 117 Å². The van der Waals surface area contributed by atoms with Gasteiger partial charge in [0.2, 0.25) is 9.84 Å². The predicted molar refractivity (Wildman–Crippen MR) is 146 cm³/mol. The van der Waals surface area contributed by atoms with Crippen LogP contribution in [0.2, 0.25) is 0 Å². The summed E-state index contributed by atoms with van der Waals surface area (Å²) >= 11 is 0. The van der Waals surface area contributed by atoms with Gasteiger partial charge in [-0.25, -0.2) is 18.4 Å². The number of anilines is 1. The Morgan fingerprint density at radius 3 is 2.65 bits per heavy atom. The standard InChI is InChI=1S/C28H26F2N6O3S/c29-27(30)40(38,39)21-4-1-3-18(13-21)26(37)32-16-20-14-24-19(15-31-20)7-8-23(34-24)22-5-2-6-25(35-22)36-12-11-33-28(17-36)9-10-28/h1-8,13-15,27,33H,9-12,16-17H2,(H,32,37). The molecule has 4 heterocycles. The Bertz CT molecular complexity index is 1710. The summed E-state index contributed by atoms with van der Waals surface area (Å²) in [6.45, 7) is 2.82. The molecule has 1 aromatic carbocycles. The first-order valence-electron chi connectivity index (χ1n) is 12.9. The third kappa shape index (κ3) is 5.24. The molecule has 206 valence electrons. The van der Waals surface area contributed by atoms with Gasteiger partial charge in [-0.15, -0.1) is 0 Å². The number of aromatic nitrogens is 3. The first-order valence-corrected chi connectivity index (χ1v) is 14.4. The molecule has 0 radical (unpaired) electrons. The molecule has 4 aromatic rings. The summed E-state index contributed by atoms with van der Waals surface area (Å²) < 4.78 is 49.3. The number of hydrogen-bond donors (Lipinski definition) is 2. The minimum absolute atomic E-state index is 0.0327. The molecule has 1 aliphatic carbocycles. The van der Waals surface area contributed by atoms with E-state index in [2.05, 4.69) is 20.5 Å². The molecule has 1 spiro atoms. The summed E-state index contributed by atoms with van der Waals surface area (Å²) in [5, 5.41) is 7.09. The van der Waals surface area contributed by atoms with E-state index < -0.39 is 26.4 Å². The van der Waals surface area contributed by atoms with E-state index in [0.717, 1.165) is 48.7 Å². The summed E-state index contributed by atoms with van der Waals surface area (Å²) in [6.07, 6.45) is 4.04. The van der Waals surface area contributed by atoms with E-state index in [1.54, 1.807) is 12.3 Å². The lowest BCUT2D eigenvalue weighted by atomic mass is 10.1. The molecule has 9 nitrogen and oxygen atoms in total. The summed E-state index contributed by atoms with van der Waals surface area (Å²) in [7, 11) is -4.81. The fraction of sp³-hybridized carbons (Fsp3) is 0.286. The zero-order valence-electron chi connectivity index (χ0n) is 21.3. The van der Waals surface area contributed by atoms with Crippen molar-refractivity contribution in [1.82, 2.24) is 25.6 Å². The molecule has 2 aliphatic rings. The average Bonchev–Trinajstić information content (AvgIpc) is 3.73. The van der Waals surface area contributed by atoms with Crippen LogP contribution in [0.1, 0.15) is 28.9 Å². The average molecular weight is 565 g/mol. The van der Waals surface area contributed by atoms with Crippen LogP contribution in [0.25, 0.3) is 22.3 Å². The molecule has 12 heteroatoms. The molecule has 1 aliphatic heterocycles. The van der Waals surface area contributed by atoms with E-state index in [9.17, 15) is 22.0 Å². The highest BCUT2D eigenvalue weighted by atomic mass is 32.2. The maximum atomic E-state index is 12.9. The molecule has 1 saturated heterocycles. The summed E-state index contributed by atoms with van der Waals surface area (Å²) in [5.41, 5.74) is 2.86. The number of piperazine rings is 1. The monoisotopic (exact) mass is 564 g/mol. The number of fused-ring (bicyclic) bond motifs is 1. The van der Waals surface area contributed by atoms with Crippen LogP contribution in [-0.4, -0.2) is 60.2 Å². The van der Waals surface area contributed by atoms with Crippen LogP contribution in [0.3, 0.4) is 0 Å². The van der Waals surface area contributed by atoms with Crippen molar-refractivity contribution in [2.24, 2.45) is 0 Å². The second-order valence-corrected chi connectivity index (χ2v) is 12.0. The summed E-state index contributed by atoms with van der Waals surface area (Å²) in [5.74, 6) is -3.26. The zero-order valence-corrected chi connectivity index (χ0v) is 22.2. The molecule has 0 atom stereocenters. The largest absolute Gasteiger partial charge is 0.353 e. The van der Waals surface area contributed by atoms with Gasteiger partial charge in [0.05, 0.1) is 34.0 Å². The van der Waals surface area contributed by atoms with Gasteiger partial charge in [-0.3, -0.25) is 9.78 Å². The van der Waals surface area contributed by atoms with Crippen molar-refractivity contribution in [2.45, 2.75) is 35.6 Å². The first kappa shape index (κ1) is 26.2. The van der Waals surface area contributed by atoms with Gasteiger partial charge in [0.15, 0.2) is 0 Å². The lowest BCUT2D eigenvalue weighted by Crippen LogP contribution is -2.52. The summed E-state index contributed by atoms with van der Waals surface area (Å²) in [6, 6.07) is 16.1. The smallest absolute Gasteiger partial charge is 0.341 e. The number of nitrogens with zero attached hydrogens (tertiary/aromatic N) is 4. The maximum absolute atomic E-state index is 12.9. The Morgan fingerprint density at radius 2 is 1.85 bits per heavy atom. The molecule has 0 bridgehead atoms. The molecular formula is C28H26F2N6O3S.